The Labute approximate surface area is 192 Å². The van der Waals surface area contributed by atoms with E-state index in [-0.39, 0.29) is 11.3 Å². The van der Waals surface area contributed by atoms with Crippen LogP contribution in [0.1, 0.15) is 49.8 Å². The molecule has 2 aliphatic rings. The van der Waals surface area contributed by atoms with Gasteiger partial charge in [-0.05, 0) is 12.1 Å². The number of nitrogens with zero attached hydrogens (tertiary/aromatic N) is 4. The standard InChI is InChI=1S/C24H27ClN4O3/c1-23(2,3)20-15-21-26-18(16-6-4-5-7-17(16)25)14-19(29(21)27-20)22(30)28-10-8-24(9-11-28)31-12-13-32-24/h4-7,14-15H,8-13H2,1-3H3. The highest BCUT2D eigenvalue weighted by atomic mass is 35.5. The summed E-state index contributed by atoms with van der Waals surface area (Å²) in [6.45, 7) is 8.64. The lowest BCUT2D eigenvalue weighted by atomic mass is 9.93. The monoisotopic (exact) mass is 454 g/mol. The Morgan fingerprint density at radius 1 is 1.09 bits per heavy atom. The highest BCUT2D eigenvalue weighted by molar-refractivity contribution is 6.33. The van der Waals surface area contributed by atoms with Gasteiger partial charge in [0.1, 0.15) is 5.69 Å². The second kappa shape index (κ2) is 7.83. The molecule has 2 aliphatic heterocycles. The van der Waals surface area contributed by atoms with Gasteiger partial charge in [-0.15, -0.1) is 0 Å². The zero-order chi connectivity index (χ0) is 22.5. The van der Waals surface area contributed by atoms with Gasteiger partial charge in [-0.25, -0.2) is 9.50 Å². The Hall–Kier alpha value is -2.48. The predicted molar refractivity (Wildman–Crippen MR) is 122 cm³/mol. The minimum absolute atomic E-state index is 0.0814. The zero-order valence-corrected chi connectivity index (χ0v) is 19.4. The van der Waals surface area contributed by atoms with Crippen LogP contribution >= 0.6 is 11.6 Å². The number of rotatable bonds is 2. The van der Waals surface area contributed by atoms with Crippen LogP contribution in [0.25, 0.3) is 16.9 Å². The maximum atomic E-state index is 13.7. The first-order chi connectivity index (χ1) is 15.3. The number of hydrogen-bond donors (Lipinski definition) is 0. The van der Waals surface area contributed by atoms with Gasteiger partial charge in [0.05, 0.1) is 24.6 Å². The minimum Gasteiger partial charge on any atom is -0.347 e. The fraction of sp³-hybridized carbons (Fsp3) is 0.458. The number of fused-ring (bicyclic) bond motifs is 1. The molecule has 3 aromatic rings. The van der Waals surface area contributed by atoms with Crippen molar-refractivity contribution in [2.45, 2.75) is 44.8 Å². The van der Waals surface area contributed by atoms with Gasteiger partial charge in [0, 0.05) is 48.0 Å². The van der Waals surface area contributed by atoms with Crippen LogP contribution in [-0.2, 0) is 14.9 Å². The molecule has 0 N–H and O–H groups in total. The largest absolute Gasteiger partial charge is 0.347 e. The lowest BCUT2D eigenvalue weighted by Gasteiger charge is -2.37. The molecule has 2 fully saturated rings. The Morgan fingerprint density at radius 2 is 1.78 bits per heavy atom. The van der Waals surface area contributed by atoms with Crippen LogP contribution in [0.4, 0.5) is 0 Å². The SMILES string of the molecule is CC(C)(C)c1cc2nc(-c3ccccc3Cl)cc(C(=O)N3CCC4(CC3)OCCO4)n2n1. The van der Waals surface area contributed by atoms with E-state index >= 15 is 0 Å². The summed E-state index contributed by atoms with van der Waals surface area (Å²) in [4.78, 5) is 20.3. The maximum Gasteiger partial charge on any atom is 0.272 e. The average Bonchev–Trinajstić information content (AvgIpc) is 3.41. The fourth-order valence-electron chi connectivity index (χ4n) is 4.30. The summed E-state index contributed by atoms with van der Waals surface area (Å²) in [5, 5.41) is 5.34. The van der Waals surface area contributed by atoms with Crippen LogP contribution in [-0.4, -0.2) is 57.5 Å². The molecule has 2 aromatic heterocycles. The molecule has 0 saturated carbocycles. The van der Waals surface area contributed by atoms with E-state index in [1.807, 2.05) is 35.2 Å². The van der Waals surface area contributed by atoms with Crippen molar-refractivity contribution >= 4 is 23.2 Å². The third-order valence-corrected chi connectivity index (χ3v) is 6.52. The van der Waals surface area contributed by atoms with Gasteiger partial charge in [-0.3, -0.25) is 4.79 Å². The van der Waals surface area contributed by atoms with Crippen LogP contribution in [0.2, 0.25) is 5.02 Å². The molecule has 168 valence electrons. The number of carbonyl (C=O) groups is 1. The Bertz CT molecular complexity index is 1170. The van der Waals surface area contributed by atoms with E-state index < -0.39 is 5.79 Å². The maximum absolute atomic E-state index is 13.7. The van der Waals surface area contributed by atoms with Gasteiger partial charge in [0.25, 0.3) is 5.91 Å². The lowest BCUT2D eigenvalue weighted by molar-refractivity contribution is -0.181. The molecule has 8 heteroatoms. The van der Waals surface area contributed by atoms with Gasteiger partial charge < -0.3 is 14.4 Å². The first kappa shape index (κ1) is 21.4. The third-order valence-electron chi connectivity index (χ3n) is 6.19. The molecule has 32 heavy (non-hydrogen) atoms. The molecule has 7 nitrogen and oxygen atoms in total. The molecule has 1 amide bonds. The van der Waals surface area contributed by atoms with Crippen LogP contribution < -0.4 is 0 Å². The minimum atomic E-state index is -0.530. The van der Waals surface area contributed by atoms with Gasteiger partial charge in [-0.1, -0.05) is 50.6 Å². The van der Waals surface area contributed by atoms with Crippen molar-refractivity contribution < 1.29 is 14.3 Å². The quantitative estimate of drug-likeness (QED) is 0.576. The molecule has 1 spiro atoms. The summed E-state index contributed by atoms with van der Waals surface area (Å²) in [5.74, 6) is -0.611. The van der Waals surface area contributed by atoms with Crippen LogP contribution in [0.3, 0.4) is 0 Å². The second-order valence-electron chi connectivity index (χ2n) is 9.46. The molecule has 0 aliphatic carbocycles. The van der Waals surface area contributed by atoms with Crippen molar-refractivity contribution in [2.75, 3.05) is 26.3 Å². The Balaban J connectivity index is 1.56. The number of ether oxygens (including phenoxy) is 2. The zero-order valence-electron chi connectivity index (χ0n) is 18.6. The number of amides is 1. The average molecular weight is 455 g/mol. The molecule has 1 aromatic carbocycles. The van der Waals surface area contributed by atoms with Crippen molar-refractivity contribution in [2.24, 2.45) is 0 Å². The van der Waals surface area contributed by atoms with E-state index in [0.29, 0.717) is 61.2 Å². The normalized spacial score (nSPS) is 18.6. The summed E-state index contributed by atoms with van der Waals surface area (Å²) < 4.78 is 13.3. The van der Waals surface area contributed by atoms with E-state index in [1.165, 1.54) is 0 Å². The molecule has 0 bridgehead atoms. The topological polar surface area (TPSA) is 69.0 Å². The first-order valence-corrected chi connectivity index (χ1v) is 11.4. The first-order valence-electron chi connectivity index (χ1n) is 11.0. The molecule has 4 heterocycles. The fourth-order valence-corrected chi connectivity index (χ4v) is 4.53. The van der Waals surface area contributed by atoms with Gasteiger partial charge in [0.2, 0.25) is 0 Å². The molecule has 0 unspecified atom stereocenters. The van der Waals surface area contributed by atoms with Crippen molar-refractivity contribution in [3.05, 3.63) is 52.8 Å². The number of carbonyl (C=O) groups excluding carboxylic acids is 1. The van der Waals surface area contributed by atoms with Gasteiger partial charge >= 0.3 is 0 Å². The highest BCUT2D eigenvalue weighted by Crippen LogP contribution is 2.33. The van der Waals surface area contributed by atoms with E-state index in [2.05, 4.69) is 20.8 Å². The van der Waals surface area contributed by atoms with E-state index in [4.69, 9.17) is 31.2 Å². The number of benzene rings is 1. The summed E-state index contributed by atoms with van der Waals surface area (Å²) in [6.07, 6.45) is 1.33. The smallest absolute Gasteiger partial charge is 0.272 e. The highest BCUT2D eigenvalue weighted by Gasteiger charge is 2.41. The van der Waals surface area contributed by atoms with E-state index in [0.717, 1.165) is 11.3 Å². The van der Waals surface area contributed by atoms with Gasteiger partial charge in [0.15, 0.2) is 11.4 Å². The summed E-state index contributed by atoms with van der Waals surface area (Å²) in [5.41, 5.74) is 3.25. The van der Waals surface area contributed by atoms with Crippen molar-refractivity contribution in [1.29, 1.82) is 0 Å². The molecular formula is C24H27ClN4O3. The van der Waals surface area contributed by atoms with Crippen LogP contribution in [0, 0.1) is 0 Å². The van der Waals surface area contributed by atoms with Crippen molar-refractivity contribution in [3.63, 3.8) is 0 Å². The third kappa shape index (κ3) is 3.78. The molecular weight excluding hydrogens is 428 g/mol. The summed E-state index contributed by atoms with van der Waals surface area (Å²) in [6, 6.07) is 11.3. The molecule has 5 rings (SSSR count). The molecule has 2 saturated heterocycles. The number of likely N-dealkylation sites (tertiary alicyclic amines) is 1. The Morgan fingerprint density at radius 3 is 2.44 bits per heavy atom. The predicted octanol–water partition coefficient (Wildman–Crippen LogP) is 4.33. The van der Waals surface area contributed by atoms with Crippen LogP contribution in [0.15, 0.2) is 36.4 Å². The van der Waals surface area contributed by atoms with E-state index in [9.17, 15) is 4.79 Å². The lowest BCUT2D eigenvalue weighted by Crippen LogP contribution is -2.47. The Kier molecular flexibility index (Phi) is 5.23. The van der Waals surface area contributed by atoms with Crippen molar-refractivity contribution in [1.82, 2.24) is 19.5 Å². The van der Waals surface area contributed by atoms with Gasteiger partial charge in [-0.2, -0.15) is 5.10 Å². The number of aromatic nitrogens is 3. The molecule has 0 radical (unpaired) electrons. The summed E-state index contributed by atoms with van der Waals surface area (Å²) in [7, 11) is 0. The molecule has 0 atom stereocenters. The van der Waals surface area contributed by atoms with Crippen molar-refractivity contribution in [3.8, 4) is 11.3 Å². The second-order valence-corrected chi connectivity index (χ2v) is 9.86. The summed E-state index contributed by atoms with van der Waals surface area (Å²) >= 11 is 6.45. The van der Waals surface area contributed by atoms with Crippen LogP contribution in [0.5, 0.6) is 0 Å². The van der Waals surface area contributed by atoms with E-state index in [1.54, 1.807) is 10.6 Å². The number of hydrogen-bond acceptors (Lipinski definition) is 5. The number of piperidine rings is 1. The number of halogens is 1.